The summed E-state index contributed by atoms with van der Waals surface area (Å²) in [4.78, 5) is 15.4. The van der Waals surface area contributed by atoms with E-state index in [1.54, 1.807) is 18.2 Å². The molecule has 22 heavy (non-hydrogen) atoms. The number of aromatic amines is 1. The predicted octanol–water partition coefficient (Wildman–Crippen LogP) is 3.53. The van der Waals surface area contributed by atoms with Gasteiger partial charge in [0.15, 0.2) is 0 Å². The molecule has 3 aromatic rings. The minimum atomic E-state index is -0.161. The van der Waals surface area contributed by atoms with E-state index in [1.807, 2.05) is 43.3 Å². The summed E-state index contributed by atoms with van der Waals surface area (Å²) in [6.07, 6.45) is 0. The zero-order valence-electron chi connectivity index (χ0n) is 12.1. The number of rotatable bonds is 3. The Morgan fingerprint density at radius 3 is 2.68 bits per heavy atom. The van der Waals surface area contributed by atoms with Gasteiger partial charge in [-0.15, -0.1) is 0 Å². The molecule has 0 saturated heterocycles. The Hall–Kier alpha value is -3.06. The van der Waals surface area contributed by atoms with Gasteiger partial charge in [0.1, 0.15) is 5.69 Å². The second-order valence-corrected chi connectivity index (χ2v) is 5.20. The smallest absolute Gasteiger partial charge is 0.268 e. The highest BCUT2D eigenvalue weighted by Gasteiger charge is 2.13. The van der Waals surface area contributed by atoms with Gasteiger partial charge in [-0.25, -0.2) is 0 Å². The highest BCUT2D eigenvalue weighted by atomic mass is 16.1. The van der Waals surface area contributed by atoms with Gasteiger partial charge in [-0.1, -0.05) is 30.3 Å². The molecule has 108 valence electrons. The topological polar surface area (TPSA) is 68.7 Å². The van der Waals surface area contributed by atoms with Crippen molar-refractivity contribution in [3.05, 3.63) is 71.4 Å². The summed E-state index contributed by atoms with van der Waals surface area (Å²) in [7, 11) is 0. The fourth-order valence-electron chi connectivity index (χ4n) is 2.42. The lowest BCUT2D eigenvalue weighted by Crippen LogP contribution is -2.26. The Kier molecular flexibility index (Phi) is 3.63. The number of benzene rings is 2. The fraction of sp³-hybridized carbons (Fsp3) is 0.111. The van der Waals surface area contributed by atoms with E-state index in [0.717, 1.165) is 16.5 Å². The maximum absolute atomic E-state index is 12.3. The first-order valence-corrected chi connectivity index (χ1v) is 7.06. The van der Waals surface area contributed by atoms with Crippen molar-refractivity contribution in [2.75, 3.05) is 0 Å². The third kappa shape index (κ3) is 2.70. The van der Waals surface area contributed by atoms with Crippen molar-refractivity contribution in [1.29, 1.82) is 5.26 Å². The SMILES string of the molecule is CC(NC(=O)c1cc2cc(C#N)ccc2[nH]1)c1ccccc1. The summed E-state index contributed by atoms with van der Waals surface area (Å²) in [6.45, 7) is 1.95. The number of hydrogen-bond donors (Lipinski definition) is 2. The molecule has 1 heterocycles. The van der Waals surface area contributed by atoms with Crippen molar-refractivity contribution in [3.63, 3.8) is 0 Å². The van der Waals surface area contributed by atoms with Crippen molar-refractivity contribution in [3.8, 4) is 6.07 Å². The third-order valence-electron chi connectivity index (χ3n) is 3.64. The Labute approximate surface area is 128 Å². The molecule has 2 aromatic carbocycles. The maximum Gasteiger partial charge on any atom is 0.268 e. The van der Waals surface area contributed by atoms with E-state index in [9.17, 15) is 4.79 Å². The van der Waals surface area contributed by atoms with E-state index in [4.69, 9.17) is 5.26 Å². The van der Waals surface area contributed by atoms with Gasteiger partial charge in [0.25, 0.3) is 5.91 Å². The summed E-state index contributed by atoms with van der Waals surface area (Å²) >= 11 is 0. The maximum atomic E-state index is 12.3. The lowest BCUT2D eigenvalue weighted by Gasteiger charge is -2.13. The Morgan fingerprint density at radius 2 is 1.95 bits per heavy atom. The monoisotopic (exact) mass is 289 g/mol. The van der Waals surface area contributed by atoms with Crippen molar-refractivity contribution in [2.24, 2.45) is 0 Å². The molecular weight excluding hydrogens is 274 g/mol. The molecule has 0 saturated carbocycles. The number of aromatic nitrogens is 1. The average Bonchev–Trinajstić information content (AvgIpc) is 2.98. The zero-order valence-corrected chi connectivity index (χ0v) is 12.1. The summed E-state index contributed by atoms with van der Waals surface area (Å²) in [5, 5.41) is 12.7. The highest BCUT2D eigenvalue weighted by Crippen LogP contribution is 2.18. The minimum absolute atomic E-state index is 0.0743. The van der Waals surface area contributed by atoms with E-state index in [1.165, 1.54) is 0 Å². The van der Waals surface area contributed by atoms with Gasteiger partial charge in [0.05, 0.1) is 17.7 Å². The molecule has 0 aliphatic heterocycles. The average molecular weight is 289 g/mol. The van der Waals surface area contributed by atoms with Crippen LogP contribution in [0, 0.1) is 11.3 Å². The van der Waals surface area contributed by atoms with Crippen LogP contribution in [0.3, 0.4) is 0 Å². The molecule has 1 aromatic heterocycles. The molecule has 0 spiro atoms. The number of amides is 1. The van der Waals surface area contributed by atoms with Crippen LogP contribution in [0.2, 0.25) is 0 Å². The summed E-state index contributed by atoms with van der Waals surface area (Å²) < 4.78 is 0. The lowest BCUT2D eigenvalue weighted by atomic mass is 10.1. The molecule has 0 radical (unpaired) electrons. The number of carbonyl (C=O) groups excluding carboxylic acids is 1. The van der Waals surface area contributed by atoms with Gasteiger partial charge in [0.2, 0.25) is 0 Å². The largest absolute Gasteiger partial charge is 0.351 e. The molecule has 4 nitrogen and oxygen atoms in total. The van der Waals surface area contributed by atoms with Crippen LogP contribution in [-0.2, 0) is 0 Å². The molecule has 3 rings (SSSR count). The molecule has 2 N–H and O–H groups in total. The second kappa shape index (κ2) is 5.74. The van der Waals surface area contributed by atoms with Gasteiger partial charge >= 0.3 is 0 Å². The first-order chi connectivity index (χ1) is 10.7. The van der Waals surface area contributed by atoms with Gasteiger partial charge in [-0.2, -0.15) is 5.26 Å². The van der Waals surface area contributed by atoms with Crippen LogP contribution >= 0.6 is 0 Å². The number of H-pyrrole nitrogens is 1. The first-order valence-electron chi connectivity index (χ1n) is 7.06. The normalized spacial score (nSPS) is 11.8. The zero-order chi connectivity index (χ0) is 15.5. The molecule has 0 bridgehead atoms. The van der Waals surface area contributed by atoms with Crippen LogP contribution in [0.1, 0.15) is 34.6 Å². The van der Waals surface area contributed by atoms with E-state index >= 15 is 0 Å². The molecule has 0 aliphatic carbocycles. The van der Waals surface area contributed by atoms with Crippen molar-refractivity contribution >= 4 is 16.8 Å². The lowest BCUT2D eigenvalue weighted by molar-refractivity contribution is 0.0935. The van der Waals surface area contributed by atoms with Crippen molar-refractivity contribution in [1.82, 2.24) is 10.3 Å². The Bertz CT molecular complexity index is 859. The van der Waals surface area contributed by atoms with Gasteiger partial charge in [0, 0.05) is 10.9 Å². The molecule has 0 fully saturated rings. The molecule has 1 amide bonds. The van der Waals surface area contributed by atoms with Gasteiger partial charge in [-0.05, 0) is 36.8 Å². The number of nitriles is 1. The van der Waals surface area contributed by atoms with Crippen LogP contribution in [-0.4, -0.2) is 10.9 Å². The summed E-state index contributed by atoms with van der Waals surface area (Å²) in [6, 6.07) is 18.9. The van der Waals surface area contributed by atoms with Crippen LogP contribution in [0.5, 0.6) is 0 Å². The molecule has 1 unspecified atom stereocenters. The van der Waals surface area contributed by atoms with E-state index < -0.39 is 0 Å². The molecule has 0 aliphatic rings. The number of hydrogen-bond acceptors (Lipinski definition) is 2. The standard InChI is InChI=1S/C18H15N3O/c1-12(14-5-3-2-4-6-14)20-18(22)17-10-15-9-13(11-19)7-8-16(15)21-17/h2-10,12,21H,1H3,(H,20,22). The second-order valence-electron chi connectivity index (χ2n) is 5.20. The molecular formula is C18H15N3O. The summed E-state index contributed by atoms with van der Waals surface area (Å²) in [5.41, 5.74) is 2.97. The number of nitrogens with one attached hydrogen (secondary N) is 2. The minimum Gasteiger partial charge on any atom is -0.351 e. The number of fused-ring (bicyclic) bond motifs is 1. The summed E-state index contributed by atoms with van der Waals surface area (Å²) in [5.74, 6) is -0.161. The van der Waals surface area contributed by atoms with Crippen molar-refractivity contribution < 1.29 is 4.79 Å². The van der Waals surface area contributed by atoms with Gasteiger partial charge < -0.3 is 10.3 Å². The predicted molar refractivity (Wildman–Crippen MR) is 85.3 cm³/mol. The third-order valence-corrected chi connectivity index (χ3v) is 3.64. The fourth-order valence-corrected chi connectivity index (χ4v) is 2.42. The van der Waals surface area contributed by atoms with Crippen molar-refractivity contribution in [2.45, 2.75) is 13.0 Å². The van der Waals surface area contributed by atoms with Crippen LogP contribution < -0.4 is 5.32 Å². The number of nitrogens with zero attached hydrogens (tertiary/aromatic N) is 1. The molecule has 1 atom stereocenters. The molecule has 4 heteroatoms. The van der Waals surface area contributed by atoms with E-state index in [2.05, 4.69) is 16.4 Å². The van der Waals surface area contributed by atoms with Crippen LogP contribution in [0.25, 0.3) is 10.9 Å². The Balaban J connectivity index is 1.82. The number of carbonyl (C=O) groups is 1. The van der Waals surface area contributed by atoms with E-state index in [0.29, 0.717) is 11.3 Å². The Morgan fingerprint density at radius 1 is 1.18 bits per heavy atom. The van der Waals surface area contributed by atoms with Gasteiger partial charge in [-0.3, -0.25) is 4.79 Å². The van der Waals surface area contributed by atoms with E-state index in [-0.39, 0.29) is 11.9 Å². The quantitative estimate of drug-likeness (QED) is 0.774. The highest BCUT2D eigenvalue weighted by molar-refractivity contribution is 5.98. The first kappa shape index (κ1) is 13.9. The van der Waals surface area contributed by atoms with Crippen LogP contribution in [0.4, 0.5) is 0 Å². The van der Waals surface area contributed by atoms with Crippen LogP contribution in [0.15, 0.2) is 54.6 Å².